The maximum atomic E-state index is 10.6. The maximum absolute atomic E-state index is 10.6. The quantitative estimate of drug-likeness (QED) is 0.628. The molecule has 0 amide bonds. The molecule has 3 heteroatoms. The van der Waals surface area contributed by atoms with Crippen LogP contribution in [0.4, 0.5) is 0 Å². The lowest BCUT2D eigenvalue weighted by molar-refractivity contribution is -0.112. The van der Waals surface area contributed by atoms with Crippen molar-refractivity contribution in [2.75, 3.05) is 0 Å². The number of rotatable bonds is 2. The highest BCUT2D eigenvalue weighted by molar-refractivity contribution is 5.91. The van der Waals surface area contributed by atoms with E-state index in [-0.39, 0.29) is 5.78 Å². The van der Waals surface area contributed by atoms with E-state index in [2.05, 4.69) is 5.16 Å². The lowest BCUT2D eigenvalue weighted by Crippen LogP contribution is -1.82. The van der Waals surface area contributed by atoms with Crippen LogP contribution in [0.15, 0.2) is 10.6 Å². The van der Waals surface area contributed by atoms with E-state index in [1.807, 2.05) is 13.8 Å². The van der Waals surface area contributed by atoms with Gasteiger partial charge < -0.3 is 4.52 Å². The topological polar surface area (TPSA) is 43.1 Å². The van der Waals surface area contributed by atoms with Crippen LogP contribution in [0.5, 0.6) is 0 Å². The minimum Gasteiger partial charge on any atom is -0.361 e. The smallest absolute Gasteiger partial charge is 0.152 e. The monoisotopic (exact) mass is 165 g/mol. The zero-order chi connectivity index (χ0) is 9.14. The first-order chi connectivity index (χ1) is 5.61. The number of aromatic nitrogens is 1. The standard InChI is InChI=1S/C9H11NO2/c1-6(11)4-5-9-7(2)10-12-8(9)3/h4-5H,1-3H3/b5-4+. The van der Waals surface area contributed by atoms with Crippen LogP contribution in [0.2, 0.25) is 0 Å². The predicted octanol–water partition coefficient (Wildman–Crippen LogP) is 1.89. The first kappa shape index (κ1) is 8.71. The molecule has 0 fully saturated rings. The Morgan fingerprint density at radius 1 is 1.50 bits per heavy atom. The van der Waals surface area contributed by atoms with Crippen LogP contribution in [0.3, 0.4) is 0 Å². The summed E-state index contributed by atoms with van der Waals surface area (Å²) in [5.41, 5.74) is 1.70. The van der Waals surface area contributed by atoms with Crippen LogP contribution in [0.1, 0.15) is 23.9 Å². The number of hydrogen-bond donors (Lipinski definition) is 0. The van der Waals surface area contributed by atoms with E-state index in [4.69, 9.17) is 4.52 Å². The predicted molar refractivity (Wildman–Crippen MR) is 45.7 cm³/mol. The van der Waals surface area contributed by atoms with Crippen molar-refractivity contribution >= 4 is 11.9 Å². The fourth-order valence-corrected chi connectivity index (χ4v) is 0.929. The van der Waals surface area contributed by atoms with E-state index in [1.54, 1.807) is 6.08 Å². The van der Waals surface area contributed by atoms with Gasteiger partial charge in [-0.1, -0.05) is 5.16 Å². The average Bonchev–Trinajstić information content (AvgIpc) is 2.28. The van der Waals surface area contributed by atoms with Gasteiger partial charge >= 0.3 is 0 Å². The van der Waals surface area contributed by atoms with Crippen molar-refractivity contribution in [3.8, 4) is 0 Å². The van der Waals surface area contributed by atoms with Crippen LogP contribution in [-0.4, -0.2) is 10.9 Å². The zero-order valence-electron chi connectivity index (χ0n) is 7.42. The largest absolute Gasteiger partial charge is 0.361 e. The summed E-state index contributed by atoms with van der Waals surface area (Å²) >= 11 is 0. The SMILES string of the molecule is CC(=O)/C=C/c1c(C)noc1C. The normalized spacial score (nSPS) is 10.9. The molecule has 0 aromatic carbocycles. The highest BCUT2D eigenvalue weighted by Crippen LogP contribution is 2.13. The van der Waals surface area contributed by atoms with Gasteiger partial charge in [-0.3, -0.25) is 4.79 Å². The number of nitrogens with zero attached hydrogens (tertiary/aromatic N) is 1. The van der Waals surface area contributed by atoms with E-state index in [9.17, 15) is 4.79 Å². The van der Waals surface area contributed by atoms with Crippen molar-refractivity contribution in [3.63, 3.8) is 0 Å². The maximum Gasteiger partial charge on any atom is 0.152 e. The Balaban J connectivity index is 2.95. The van der Waals surface area contributed by atoms with E-state index in [1.165, 1.54) is 13.0 Å². The van der Waals surface area contributed by atoms with Gasteiger partial charge in [-0.25, -0.2) is 0 Å². The molecule has 1 heterocycles. The molecule has 3 nitrogen and oxygen atoms in total. The van der Waals surface area contributed by atoms with E-state index >= 15 is 0 Å². The van der Waals surface area contributed by atoms with Gasteiger partial charge in [0.15, 0.2) is 5.78 Å². The van der Waals surface area contributed by atoms with Crippen molar-refractivity contribution in [1.82, 2.24) is 5.16 Å². The van der Waals surface area contributed by atoms with Gasteiger partial charge in [-0.05, 0) is 32.9 Å². The molecule has 0 saturated heterocycles. The third-order valence-corrected chi connectivity index (χ3v) is 1.57. The fourth-order valence-electron chi connectivity index (χ4n) is 0.929. The summed E-state index contributed by atoms with van der Waals surface area (Å²) in [7, 11) is 0. The van der Waals surface area contributed by atoms with Gasteiger partial charge in [-0.15, -0.1) is 0 Å². The number of ketones is 1. The Morgan fingerprint density at radius 3 is 2.58 bits per heavy atom. The van der Waals surface area contributed by atoms with Crippen molar-refractivity contribution < 1.29 is 9.32 Å². The molecule has 12 heavy (non-hydrogen) atoms. The minimum atomic E-state index is 0.0231. The van der Waals surface area contributed by atoms with Gasteiger partial charge in [0.05, 0.1) is 5.69 Å². The molecule has 1 aromatic rings. The highest BCUT2D eigenvalue weighted by atomic mass is 16.5. The van der Waals surface area contributed by atoms with Gasteiger partial charge in [-0.2, -0.15) is 0 Å². The number of aryl methyl sites for hydroxylation is 2. The molecule has 0 aliphatic heterocycles. The Labute approximate surface area is 71.1 Å². The molecule has 0 atom stereocenters. The number of allylic oxidation sites excluding steroid dienone is 1. The molecule has 0 N–H and O–H groups in total. The Kier molecular flexibility index (Phi) is 2.43. The van der Waals surface area contributed by atoms with E-state index in [0.29, 0.717) is 0 Å². The molecule has 0 unspecified atom stereocenters. The summed E-state index contributed by atoms with van der Waals surface area (Å²) in [5, 5.41) is 3.76. The molecule has 0 aliphatic carbocycles. The van der Waals surface area contributed by atoms with Gasteiger partial charge in [0, 0.05) is 5.56 Å². The van der Waals surface area contributed by atoms with E-state index in [0.717, 1.165) is 17.0 Å². The number of hydrogen-bond acceptors (Lipinski definition) is 3. The summed E-state index contributed by atoms with van der Waals surface area (Å²) in [5.74, 6) is 0.764. The first-order valence-corrected chi connectivity index (χ1v) is 3.73. The van der Waals surface area contributed by atoms with Crippen molar-refractivity contribution in [2.45, 2.75) is 20.8 Å². The summed E-state index contributed by atoms with van der Waals surface area (Å²) < 4.78 is 4.92. The second kappa shape index (κ2) is 3.34. The van der Waals surface area contributed by atoms with Crippen molar-refractivity contribution in [2.24, 2.45) is 0 Å². The molecule has 1 rings (SSSR count). The third-order valence-electron chi connectivity index (χ3n) is 1.57. The van der Waals surface area contributed by atoms with Crippen LogP contribution in [0, 0.1) is 13.8 Å². The zero-order valence-corrected chi connectivity index (χ0v) is 7.42. The number of carbonyl (C=O) groups excluding carboxylic acids is 1. The summed E-state index contributed by atoms with van der Waals surface area (Å²) in [6, 6.07) is 0. The van der Waals surface area contributed by atoms with E-state index < -0.39 is 0 Å². The lowest BCUT2D eigenvalue weighted by Gasteiger charge is -1.86. The number of carbonyl (C=O) groups is 1. The molecule has 0 bridgehead atoms. The third kappa shape index (κ3) is 1.81. The Bertz CT molecular complexity index is 304. The van der Waals surface area contributed by atoms with Gasteiger partial charge in [0.2, 0.25) is 0 Å². The summed E-state index contributed by atoms with van der Waals surface area (Å²) in [6.45, 7) is 5.17. The molecule has 0 spiro atoms. The van der Waals surface area contributed by atoms with Crippen molar-refractivity contribution in [1.29, 1.82) is 0 Å². The highest BCUT2D eigenvalue weighted by Gasteiger charge is 2.04. The molecule has 0 saturated carbocycles. The molecule has 64 valence electrons. The van der Waals surface area contributed by atoms with Gasteiger partial charge in [0.25, 0.3) is 0 Å². The molecule has 0 aliphatic rings. The minimum absolute atomic E-state index is 0.0231. The molecular formula is C9H11NO2. The lowest BCUT2D eigenvalue weighted by atomic mass is 10.2. The van der Waals surface area contributed by atoms with Crippen molar-refractivity contribution in [3.05, 3.63) is 23.1 Å². The Morgan fingerprint density at radius 2 is 2.17 bits per heavy atom. The van der Waals surface area contributed by atoms with Crippen LogP contribution in [-0.2, 0) is 4.79 Å². The average molecular weight is 165 g/mol. The first-order valence-electron chi connectivity index (χ1n) is 3.73. The van der Waals surface area contributed by atoms with Crippen LogP contribution < -0.4 is 0 Å². The summed E-state index contributed by atoms with van der Waals surface area (Å²) in [4.78, 5) is 10.6. The molecular weight excluding hydrogens is 154 g/mol. The molecule has 1 aromatic heterocycles. The van der Waals surface area contributed by atoms with Crippen LogP contribution in [0.25, 0.3) is 6.08 Å². The molecule has 0 radical (unpaired) electrons. The summed E-state index contributed by atoms with van der Waals surface area (Å²) in [6.07, 6.45) is 3.23. The van der Waals surface area contributed by atoms with Gasteiger partial charge in [0.1, 0.15) is 5.76 Å². The second-order valence-corrected chi connectivity index (χ2v) is 2.68. The fraction of sp³-hybridized carbons (Fsp3) is 0.333. The Hall–Kier alpha value is -1.38. The second-order valence-electron chi connectivity index (χ2n) is 2.68. The van der Waals surface area contributed by atoms with Crippen LogP contribution >= 0.6 is 0 Å².